The van der Waals surface area contributed by atoms with E-state index in [1.54, 1.807) is 18.2 Å². The van der Waals surface area contributed by atoms with E-state index in [4.69, 9.17) is 9.47 Å². The first-order valence-electron chi connectivity index (χ1n) is 6.38. The summed E-state index contributed by atoms with van der Waals surface area (Å²) in [5.41, 5.74) is 3.03. The van der Waals surface area contributed by atoms with Crippen LogP contribution in [0.25, 0.3) is 0 Å². The van der Waals surface area contributed by atoms with Crippen LogP contribution in [0.5, 0.6) is 23.0 Å². The Bertz CT molecular complexity index is 758. The summed E-state index contributed by atoms with van der Waals surface area (Å²) in [6.45, 7) is 0.187. The van der Waals surface area contributed by atoms with Gasteiger partial charge in [-0.2, -0.15) is 5.10 Å². The fourth-order valence-corrected chi connectivity index (χ4v) is 1.93. The van der Waals surface area contributed by atoms with Gasteiger partial charge in [0.05, 0.1) is 11.8 Å². The van der Waals surface area contributed by atoms with Crippen LogP contribution >= 0.6 is 0 Å². The van der Waals surface area contributed by atoms with E-state index in [1.165, 1.54) is 18.3 Å². The molecule has 0 radical (unpaired) electrons. The van der Waals surface area contributed by atoms with Crippen LogP contribution in [-0.2, 0) is 0 Å². The van der Waals surface area contributed by atoms with Crippen molar-refractivity contribution in [1.29, 1.82) is 0 Å². The lowest BCUT2D eigenvalue weighted by atomic mass is 10.2. The zero-order valence-corrected chi connectivity index (χ0v) is 11.3. The van der Waals surface area contributed by atoms with Crippen molar-refractivity contribution < 1.29 is 24.5 Å². The average molecular weight is 300 g/mol. The van der Waals surface area contributed by atoms with Gasteiger partial charge in [-0.3, -0.25) is 4.79 Å². The second-order valence-electron chi connectivity index (χ2n) is 4.51. The van der Waals surface area contributed by atoms with E-state index in [0.29, 0.717) is 11.5 Å². The smallest absolute Gasteiger partial charge is 0.275 e. The van der Waals surface area contributed by atoms with Crippen LogP contribution in [0.1, 0.15) is 15.9 Å². The average Bonchev–Trinajstić information content (AvgIpc) is 2.94. The predicted molar refractivity (Wildman–Crippen MR) is 77.4 cm³/mol. The van der Waals surface area contributed by atoms with E-state index in [0.717, 1.165) is 11.6 Å². The number of hydrazone groups is 1. The number of hydrogen-bond acceptors (Lipinski definition) is 6. The number of rotatable bonds is 3. The third kappa shape index (κ3) is 2.78. The van der Waals surface area contributed by atoms with Crippen molar-refractivity contribution >= 4 is 12.1 Å². The number of aromatic hydroxyl groups is 2. The van der Waals surface area contributed by atoms with E-state index in [2.05, 4.69) is 10.5 Å². The highest BCUT2D eigenvalue weighted by Crippen LogP contribution is 2.31. The molecule has 3 N–H and O–H groups in total. The summed E-state index contributed by atoms with van der Waals surface area (Å²) in [6.07, 6.45) is 1.44. The first-order valence-corrected chi connectivity index (χ1v) is 6.38. The van der Waals surface area contributed by atoms with Crippen LogP contribution in [0.15, 0.2) is 41.5 Å². The molecule has 3 rings (SSSR count). The molecular weight excluding hydrogens is 288 g/mol. The molecule has 0 spiro atoms. The SMILES string of the molecule is O=C(N/N=C/c1ccc2c(c1)OCO2)c1ccc(O)cc1O. The molecule has 0 unspecified atom stereocenters. The number of nitrogens with one attached hydrogen (secondary N) is 1. The van der Waals surface area contributed by atoms with E-state index >= 15 is 0 Å². The van der Waals surface area contributed by atoms with Gasteiger partial charge in [-0.05, 0) is 35.9 Å². The number of carbonyl (C=O) groups excluding carboxylic acids is 1. The van der Waals surface area contributed by atoms with Gasteiger partial charge >= 0.3 is 0 Å². The van der Waals surface area contributed by atoms with E-state index in [9.17, 15) is 15.0 Å². The Morgan fingerprint density at radius 1 is 1.14 bits per heavy atom. The summed E-state index contributed by atoms with van der Waals surface area (Å²) < 4.78 is 10.4. The standard InChI is InChI=1S/C15H12N2O5/c18-10-2-3-11(12(19)6-10)15(20)17-16-7-9-1-4-13-14(5-9)22-8-21-13/h1-7,18-19H,8H2,(H,17,20)/b16-7+. The maximum atomic E-state index is 11.8. The summed E-state index contributed by atoms with van der Waals surface area (Å²) in [5.74, 6) is 0.241. The molecule has 0 aliphatic carbocycles. The molecule has 7 nitrogen and oxygen atoms in total. The Kier molecular flexibility index (Phi) is 3.53. The van der Waals surface area contributed by atoms with Gasteiger partial charge in [0.2, 0.25) is 6.79 Å². The molecule has 1 aliphatic heterocycles. The van der Waals surface area contributed by atoms with E-state index in [-0.39, 0.29) is 23.9 Å². The van der Waals surface area contributed by atoms with Crippen LogP contribution < -0.4 is 14.9 Å². The molecule has 1 aliphatic rings. The molecule has 0 bridgehead atoms. The number of carbonyl (C=O) groups is 1. The van der Waals surface area contributed by atoms with Crippen molar-refractivity contribution in [2.45, 2.75) is 0 Å². The maximum absolute atomic E-state index is 11.8. The lowest BCUT2D eigenvalue weighted by Crippen LogP contribution is -2.17. The highest BCUT2D eigenvalue weighted by molar-refractivity contribution is 5.97. The predicted octanol–water partition coefficient (Wildman–Crippen LogP) is 1.59. The largest absolute Gasteiger partial charge is 0.508 e. The Balaban J connectivity index is 1.68. The van der Waals surface area contributed by atoms with Gasteiger partial charge < -0.3 is 19.7 Å². The number of benzene rings is 2. The second-order valence-corrected chi connectivity index (χ2v) is 4.51. The van der Waals surface area contributed by atoms with Gasteiger partial charge in [0.15, 0.2) is 11.5 Å². The number of phenols is 2. The van der Waals surface area contributed by atoms with Gasteiger partial charge in [-0.1, -0.05) is 0 Å². The van der Waals surface area contributed by atoms with Crippen LogP contribution in [0.2, 0.25) is 0 Å². The summed E-state index contributed by atoms with van der Waals surface area (Å²) >= 11 is 0. The van der Waals surface area contributed by atoms with Crippen LogP contribution in [-0.4, -0.2) is 29.1 Å². The lowest BCUT2D eigenvalue weighted by molar-refractivity contribution is 0.0952. The number of hydrogen-bond donors (Lipinski definition) is 3. The molecule has 112 valence electrons. The van der Waals surface area contributed by atoms with Crippen molar-refractivity contribution in [3.63, 3.8) is 0 Å². The minimum Gasteiger partial charge on any atom is -0.508 e. The molecule has 1 heterocycles. The lowest BCUT2D eigenvalue weighted by Gasteiger charge is -2.03. The molecule has 7 heteroatoms. The molecule has 2 aromatic rings. The Labute approximate surface area is 125 Å². The van der Waals surface area contributed by atoms with E-state index in [1.807, 2.05) is 0 Å². The highest BCUT2D eigenvalue weighted by Gasteiger charge is 2.13. The number of fused-ring (bicyclic) bond motifs is 1. The molecule has 0 saturated carbocycles. The molecule has 0 atom stereocenters. The minimum atomic E-state index is -0.588. The number of phenolic OH excluding ortho intramolecular Hbond substituents is 2. The van der Waals surface area contributed by atoms with Gasteiger partial charge in [-0.25, -0.2) is 5.43 Å². The second kappa shape index (κ2) is 5.65. The topological polar surface area (TPSA) is 100 Å². The molecule has 2 aromatic carbocycles. The maximum Gasteiger partial charge on any atom is 0.275 e. The minimum absolute atomic E-state index is 0.0145. The zero-order chi connectivity index (χ0) is 15.5. The van der Waals surface area contributed by atoms with Gasteiger partial charge in [0.1, 0.15) is 11.5 Å². The molecule has 0 saturated heterocycles. The normalized spacial score (nSPS) is 12.5. The molecule has 1 amide bonds. The highest BCUT2D eigenvalue weighted by atomic mass is 16.7. The summed E-state index contributed by atoms with van der Waals surface area (Å²) in [6, 6.07) is 8.93. The fourth-order valence-electron chi connectivity index (χ4n) is 1.93. The van der Waals surface area contributed by atoms with Crippen molar-refractivity contribution in [3.8, 4) is 23.0 Å². The van der Waals surface area contributed by atoms with Crippen LogP contribution in [0.3, 0.4) is 0 Å². The van der Waals surface area contributed by atoms with Gasteiger partial charge in [0, 0.05) is 6.07 Å². The Hall–Kier alpha value is -3.22. The number of ether oxygens (including phenoxy) is 2. The van der Waals surface area contributed by atoms with Crippen LogP contribution in [0.4, 0.5) is 0 Å². The number of nitrogens with zero attached hydrogens (tertiary/aromatic N) is 1. The van der Waals surface area contributed by atoms with Gasteiger partial charge in [-0.15, -0.1) is 0 Å². The van der Waals surface area contributed by atoms with Crippen molar-refractivity contribution in [2.24, 2.45) is 5.10 Å². The van der Waals surface area contributed by atoms with Crippen molar-refractivity contribution in [2.75, 3.05) is 6.79 Å². The summed E-state index contributed by atoms with van der Waals surface area (Å²) in [7, 11) is 0. The van der Waals surface area contributed by atoms with Crippen molar-refractivity contribution in [3.05, 3.63) is 47.5 Å². The van der Waals surface area contributed by atoms with Crippen molar-refractivity contribution in [1.82, 2.24) is 5.43 Å². The van der Waals surface area contributed by atoms with E-state index < -0.39 is 5.91 Å². The third-order valence-electron chi connectivity index (χ3n) is 3.00. The van der Waals surface area contributed by atoms with Crippen LogP contribution in [0, 0.1) is 0 Å². The molecule has 0 fully saturated rings. The Morgan fingerprint density at radius 2 is 1.95 bits per heavy atom. The molecular formula is C15H12N2O5. The number of amides is 1. The first kappa shape index (κ1) is 13.7. The Morgan fingerprint density at radius 3 is 2.77 bits per heavy atom. The zero-order valence-electron chi connectivity index (χ0n) is 11.3. The fraction of sp³-hybridized carbons (Fsp3) is 0.0667. The molecule has 0 aromatic heterocycles. The van der Waals surface area contributed by atoms with Gasteiger partial charge in [0.25, 0.3) is 5.91 Å². The third-order valence-corrected chi connectivity index (χ3v) is 3.00. The first-order chi connectivity index (χ1) is 10.6. The monoisotopic (exact) mass is 300 g/mol. The summed E-state index contributed by atoms with van der Waals surface area (Å²) in [4.78, 5) is 11.8. The summed E-state index contributed by atoms with van der Waals surface area (Å²) in [5, 5.41) is 22.6. The molecule has 22 heavy (non-hydrogen) atoms. The quantitative estimate of drug-likeness (QED) is 0.590.